The van der Waals surface area contributed by atoms with Gasteiger partial charge in [-0.25, -0.2) is 0 Å². The molecule has 0 aliphatic carbocycles. The van der Waals surface area contributed by atoms with E-state index in [0.717, 1.165) is 25.3 Å². The lowest BCUT2D eigenvalue weighted by Crippen LogP contribution is -2.39. The van der Waals surface area contributed by atoms with Gasteiger partial charge in [0.2, 0.25) is 0 Å². The van der Waals surface area contributed by atoms with Gasteiger partial charge in [0.25, 0.3) is 0 Å². The second-order valence-corrected chi connectivity index (χ2v) is 5.31. The number of rotatable bonds is 6. The number of benzene rings is 1. The third kappa shape index (κ3) is 4.00. The molecule has 0 aromatic heterocycles. The maximum Gasteiger partial charge on any atom is 0.0346 e. The monoisotopic (exact) mass is 249 g/mol. The Hall–Kier alpha value is -1.06. The van der Waals surface area contributed by atoms with Crippen LogP contribution in [0.2, 0.25) is 0 Å². The topological polar surface area (TPSA) is 32.5 Å². The highest BCUT2D eigenvalue weighted by Crippen LogP contribution is 2.18. The Morgan fingerprint density at radius 2 is 1.94 bits per heavy atom. The summed E-state index contributed by atoms with van der Waals surface area (Å²) >= 11 is 0. The number of nitrogens with zero attached hydrogens (tertiary/aromatic N) is 2. The van der Waals surface area contributed by atoms with Crippen molar-refractivity contribution in [3.8, 4) is 0 Å². The molecule has 102 valence electrons. The third-order valence-corrected chi connectivity index (χ3v) is 3.52. The number of nitrogens with two attached hydrogens (primary N) is 1. The second-order valence-electron chi connectivity index (χ2n) is 5.31. The smallest absolute Gasteiger partial charge is 0.0346 e. The first-order valence-electron chi connectivity index (χ1n) is 6.68. The Kier molecular flexibility index (Phi) is 5.63. The molecule has 0 fully saturated rings. The summed E-state index contributed by atoms with van der Waals surface area (Å²) < 4.78 is 0. The Balaban J connectivity index is 2.76. The second kappa shape index (κ2) is 6.76. The van der Waals surface area contributed by atoms with Crippen LogP contribution in [0.3, 0.4) is 0 Å². The molecule has 0 amide bonds. The normalized spacial score (nSPS) is 13.3. The first kappa shape index (κ1) is 15.0. The molecular weight excluding hydrogens is 222 g/mol. The molecule has 0 heterocycles. The van der Waals surface area contributed by atoms with Gasteiger partial charge in [-0.15, -0.1) is 0 Å². The zero-order valence-corrected chi connectivity index (χ0v) is 12.4. The fourth-order valence-corrected chi connectivity index (χ4v) is 2.32. The molecule has 3 heteroatoms. The molecule has 2 N–H and O–H groups in total. The summed E-state index contributed by atoms with van der Waals surface area (Å²) in [5.74, 6) is 0. The van der Waals surface area contributed by atoms with Gasteiger partial charge in [0.05, 0.1) is 0 Å². The van der Waals surface area contributed by atoms with E-state index in [1.165, 1.54) is 11.1 Å². The SMILES string of the molecule is CCN(Cc1cccc(N)c1C)C(C)CN(C)C. The average Bonchev–Trinajstić information content (AvgIpc) is 2.30. The molecule has 0 aliphatic heterocycles. The van der Waals surface area contributed by atoms with Gasteiger partial charge in [0.1, 0.15) is 0 Å². The summed E-state index contributed by atoms with van der Waals surface area (Å²) in [7, 11) is 4.24. The van der Waals surface area contributed by atoms with Gasteiger partial charge < -0.3 is 10.6 Å². The molecule has 1 rings (SSSR count). The summed E-state index contributed by atoms with van der Waals surface area (Å²) in [4.78, 5) is 4.72. The van der Waals surface area contributed by atoms with Crippen molar-refractivity contribution in [2.75, 3.05) is 32.9 Å². The van der Waals surface area contributed by atoms with Crippen molar-refractivity contribution >= 4 is 5.69 Å². The Labute approximate surface area is 112 Å². The van der Waals surface area contributed by atoms with Gasteiger partial charge in [-0.3, -0.25) is 4.90 Å². The summed E-state index contributed by atoms with van der Waals surface area (Å²) in [6.45, 7) is 9.72. The lowest BCUT2D eigenvalue weighted by molar-refractivity contribution is 0.174. The van der Waals surface area contributed by atoms with E-state index in [4.69, 9.17) is 5.73 Å². The molecule has 1 atom stereocenters. The lowest BCUT2D eigenvalue weighted by atomic mass is 10.1. The van der Waals surface area contributed by atoms with Crippen molar-refractivity contribution in [3.63, 3.8) is 0 Å². The first-order chi connectivity index (χ1) is 8.45. The zero-order valence-electron chi connectivity index (χ0n) is 12.4. The molecule has 1 aromatic carbocycles. The van der Waals surface area contributed by atoms with Crippen molar-refractivity contribution in [3.05, 3.63) is 29.3 Å². The van der Waals surface area contributed by atoms with E-state index in [1.807, 2.05) is 12.1 Å². The highest BCUT2D eigenvalue weighted by molar-refractivity contribution is 5.49. The van der Waals surface area contributed by atoms with Crippen LogP contribution in [0.4, 0.5) is 5.69 Å². The maximum absolute atomic E-state index is 5.97. The van der Waals surface area contributed by atoms with E-state index in [0.29, 0.717) is 6.04 Å². The molecule has 0 saturated heterocycles. The van der Waals surface area contributed by atoms with Crippen LogP contribution in [0.1, 0.15) is 25.0 Å². The molecule has 18 heavy (non-hydrogen) atoms. The van der Waals surface area contributed by atoms with Crippen LogP contribution in [0.25, 0.3) is 0 Å². The highest BCUT2D eigenvalue weighted by atomic mass is 15.2. The van der Waals surface area contributed by atoms with Crippen LogP contribution >= 0.6 is 0 Å². The number of hydrogen-bond acceptors (Lipinski definition) is 3. The number of anilines is 1. The van der Waals surface area contributed by atoms with E-state index in [-0.39, 0.29) is 0 Å². The quantitative estimate of drug-likeness (QED) is 0.786. The van der Waals surface area contributed by atoms with Crippen LogP contribution in [0.15, 0.2) is 18.2 Å². The van der Waals surface area contributed by atoms with Crippen LogP contribution in [-0.2, 0) is 6.54 Å². The van der Waals surface area contributed by atoms with Crippen LogP contribution < -0.4 is 5.73 Å². The number of nitrogen functional groups attached to an aromatic ring is 1. The third-order valence-electron chi connectivity index (χ3n) is 3.52. The maximum atomic E-state index is 5.97. The van der Waals surface area contributed by atoms with Crippen molar-refractivity contribution < 1.29 is 0 Å². The van der Waals surface area contributed by atoms with Crippen molar-refractivity contribution in [1.82, 2.24) is 9.80 Å². The zero-order chi connectivity index (χ0) is 13.7. The molecule has 1 unspecified atom stereocenters. The summed E-state index contributed by atoms with van der Waals surface area (Å²) in [6.07, 6.45) is 0. The molecule has 1 aromatic rings. The molecular formula is C15H27N3. The minimum Gasteiger partial charge on any atom is -0.399 e. The summed E-state index contributed by atoms with van der Waals surface area (Å²) in [5.41, 5.74) is 9.41. The Morgan fingerprint density at radius 1 is 1.28 bits per heavy atom. The Morgan fingerprint density at radius 3 is 2.50 bits per heavy atom. The summed E-state index contributed by atoms with van der Waals surface area (Å²) in [5, 5.41) is 0. The summed E-state index contributed by atoms with van der Waals surface area (Å²) in [6, 6.07) is 6.74. The standard InChI is InChI=1S/C15H27N3/c1-6-18(12(2)10-17(4)5)11-14-8-7-9-15(16)13(14)3/h7-9,12H,6,10-11,16H2,1-5H3. The predicted molar refractivity (Wildman–Crippen MR) is 79.7 cm³/mol. The van der Waals surface area contributed by atoms with Crippen LogP contribution in [-0.4, -0.2) is 43.0 Å². The average molecular weight is 249 g/mol. The van der Waals surface area contributed by atoms with Crippen LogP contribution in [0, 0.1) is 6.92 Å². The molecule has 0 bridgehead atoms. The minimum atomic E-state index is 0.547. The van der Waals surface area contributed by atoms with E-state index < -0.39 is 0 Å². The highest BCUT2D eigenvalue weighted by Gasteiger charge is 2.14. The van der Waals surface area contributed by atoms with E-state index >= 15 is 0 Å². The molecule has 3 nitrogen and oxygen atoms in total. The van der Waals surface area contributed by atoms with E-state index in [2.05, 4.69) is 50.7 Å². The molecule has 0 aliphatic rings. The largest absolute Gasteiger partial charge is 0.399 e. The molecule has 0 radical (unpaired) electrons. The molecule has 0 spiro atoms. The Bertz CT molecular complexity index is 374. The lowest BCUT2D eigenvalue weighted by Gasteiger charge is -2.30. The van der Waals surface area contributed by atoms with Crippen molar-refractivity contribution in [1.29, 1.82) is 0 Å². The van der Waals surface area contributed by atoms with Gasteiger partial charge in [-0.05, 0) is 51.7 Å². The van der Waals surface area contributed by atoms with Gasteiger partial charge in [0.15, 0.2) is 0 Å². The number of likely N-dealkylation sites (N-methyl/N-ethyl adjacent to an activating group) is 2. The van der Waals surface area contributed by atoms with Gasteiger partial charge >= 0.3 is 0 Å². The predicted octanol–water partition coefficient (Wildman–Crippen LogP) is 2.35. The van der Waals surface area contributed by atoms with Crippen LogP contribution in [0.5, 0.6) is 0 Å². The van der Waals surface area contributed by atoms with Crippen molar-refractivity contribution in [2.45, 2.75) is 33.4 Å². The van der Waals surface area contributed by atoms with E-state index in [1.54, 1.807) is 0 Å². The van der Waals surface area contributed by atoms with Gasteiger partial charge in [0, 0.05) is 24.8 Å². The minimum absolute atomic E-state index is 0.547. The van der Waals surface area contributed by atoms with Crippen molar-refractivity contribution in [2.24, 2.45) is 0 Å². The van der Waals surface area contributed by atoms with Gasteiger partial charge in [-0.2, -0.15) is 0 Å². The fourth-order valence-electron chi connectivity index (χ4n) is 2.32. The first-order valence-corrected chi connectivity index (χ1v) is 6.68. The van der Waals surface area contributed by atoms with Gasteiger partial charge in [-0.1, -0.05) is 19.1 Å². The fraction of sp³-hybridized carbons (Fsp3) is 0.600. The van der Waals surface area contributed by atoms with E-state index in [9.17, 15) is 0 Å². The number of hydrogen-bond donors (Lipinski definition) is 1. The molecule has 0 saturated carbocycles.